The van der Waals surface area contributed by atoms with E-state index in [1.54, 1.807) is 0 Å². The minimum Gasteiger partial charge on any atom is -0.286 e. The number of nitrogens with zero attached hydrogens (tertiary/aromatic N) is 2. The van der Waals surface area contributed by atoms with E-state index in [1.165, 1.54) is 17.7 Å². The Balaban J connectivity index is 2.27. The third kappa shape index (κ3) is 1.37. The highest BCUT2D eigenvalue weighted by atomic mass is 14.8. The Hall–Kier alpha value is -1.18. The van der Waals surface area contributed by atoms with Crippen molar-refractivity contribution in [3.8, 4) is 0 Å². The Morgan fingerprint density at radius 2 is 2.08 bits per heavy atom. The van der Waals surface area contributed by atoms with Crippen LogP contribution >= 0.6 is 0 Å². The molecule has 1 aromatic heterocycles. The lowest BCUT2D eigenvalue weighted by molar-refractivity contribution is 0.739. The molecule has 1 aromatic rings. The highest BCUT2D eigenvalue weighted by Crippen LogP contribution is 2.17. The summed E-state index contributed by atoms with van der Waals surface area (Å²) in [7, 11) is 0. The van der Waals surface area contributed by atoms with Crippen molar-refractivity contribution in [2.45, 2.75) is 25.8 Å². The van der Waals surface area contributed by atoms with Crippen LogP contribution < -0.4 is 0 Å². The van der Waals surface area contributed by atoms with Gasteiger partial charge in [0.1, 0.15) is 0 Å². The molecule has 0 radical (unpaired) electrons. The molecule has 1 atom stereocenters. The van der Waals surface area contributed by atoms with Crippen LogP contribution in [0.25, 0.3) is 0 Å². The van der Waals surface area contributed by atoms with Gasteiger partial charge in [0, 0.05) is 24.1 Å². The monoisotopic (exact) mass is 160 g/mol. The zero-order valence-corrected chi connectivity index (χ0v) is 7.20. The third-order valence-electron chi connectivity index (χ3n) is 2.19. The van der Waals surface area contributed by atoms with Crippen molar-refractivity contribution in [1.82, 2.24) is 4.98 Å². The zero-order valence-electron chi connectivity index (χ0n) is 7.20. The second kappa shape index (κ2) is 3.05. The maximum Gasteiger partial charge on any atom is 0.0478 e. The molecule has 12 heavy (non-hydrogen) atoms. The van der Waals surface area contributed by atoms with Gasteiger partial charge in [-0.15, -0.1) is 0 Å². The molecule has 0 fully saturated rings. The summed E-state index contributed by atoms with van der Waals surface area (Å²) < 4.78 is 0. The Kier molecular flexibility index (Phi) is 1.90. The van der Waals surface area contributed by atoms with Gasteiger partial charge >= 0.3 is 0 Å². The standard InChI is InChI=1S/C10H12N2/c1-8-2-3-10(12-8)9-4-6-11-7-5-9/h4-8H,2-3H2,1H3. The van der Waals surface area contributed by atoms with Gasteiger partial charge in [0.15, 0.2) is 0 Å². The summed E-state index contributed by atoms with van der Waals surface area (Å²) in [4.78, 5) is 8.53. The maximum atomic E-state index is 4.55. The summed E-state index contributed by atoms with van der Waals surface area (Å²) in [6.07, 6.45) is 5.95. The van der Waals surface area contributed by atoms with E-state index in [2.05, 4.69) is 16.9 Å². The van der Waals surface area contributed by atoms with Crippen molar-refractivity contribution >= 4 is 5.71 Å². The molecular weight excluding hydrogens is 148 g/mol. The van der Waals surface area contributed by atoms with E-state index in [9.17, 15) is 0 Å². The van der Waals surface area contributed by atoms with Crippen LogP contribution in [-0.2, 0) is 0 Å². The van der Waals surface area contributed by atoms with Crippen LogP contribution in [0.15, 0.2) is 29.5 Å². The zero-order chi connectivity index (χ0) is 8.39. The molecule has 2 rings (SSSR count). The predicted octanol–water partition coefficient (Wildman–Crippen LogP) is 2.05. The topological polar surface area (TPSA) is 25.2 Å². The summed E-state index contributed by atoms with van der Waals surface area (Å²) >= 11 is 0. The highest BCUT2D eigenvalue weighted by molar-refractivity contribution is 6.01. The summed E-state index contributed by atoms with van der Waals surface area (Å²) in [6, 6.07) is 4.56. The SMILES string of the molecule is CC1CCC(c2ccncc2)=N1. The van der Waals surface area contributed by atoms with Crippen molar-refractivity contribution in [1.29, 1.82) is 0 Å². The molecule has 0 bridgehead atoms. The summed E-state index contributed by atoms with van der Waals surface area (Å²) in [5.74, 6) is 0. The van der Waals surface area contributed by atoms with E-state index in [0.29, 0.717) is 6.04 Å². The van der Waals surface area contributed by atoms with Crippen molar-refractivity contribution < 1.29 is 0 Å². The fourth-order valence-electron chi connectivity index (χ4n) is 1.50. The number of hydrogen-bond acceptors (Lipinski definition) is 2. The minimum absolute atomic E-state index is 0.508. The summed E-state index contributed by atoms with van der Waals surface area (Å²) in [5, 5.41) is 0. The second-order valence-corrected chi connectivity index (χ2v) is 3.20. The number of aromatic nitrogens is 1. The van der Waals surface area contributed by atoms with Crippen molar-refractivity contribution in [2.24, 2.45) is 4.99 Å². The Bertz CT molecular complexity index is 290. The molecule has 1 aliphatic rings. The van der Waals surface area contributed by atoms with Crippen LogP contribution in [0.3, 0.4) is 0 Å². The highest BCUT2D eigenvalue weighted by Gasteiger charge is 2.13. The molecule has 0 spiro atoms. The first-order chi connectivity index (χ1) is 5.86. The predicted molar refractivity (Wildman–Crippen MR) is 49.5 cm³/mol. The molecule has 62 valence electrons. The van der Waals surface area contributed by atoms with Gasteiger partial charge in [-0.05, 0) is 37.5 Å². The lowest BCUT2D eigenvalue weighted by atomic mass is 10.1. The van der Waals surface area contributed by atoms with Crippen molar-refractivity contribution in [3.63, 3.8) is 0 Å². The van der Waals surface area contributed by atoms with E-state index in [4.69, 9.17) is 0 Å². The first kappa shape index (κ1) is 7.47. The average Bonchev–Trinajstić information content (AvgIpc) is 2.54. The van der Waals surface area contributed by atoms with Crippen LogP contribution in [-0.4, -0.2) is 16.7 Å². The molecule has 0 saturated carbocycles. The van der Waals surface area contributed by atoms with Crippen LogP contribution in [0, 0.1) is 0 Å². The molecule has 0 saturated heterocycles. The Morgan fingerprint density at radius 1 is 1.33 bits per heavy atom. The largest absolute Gasteiger partial charge is 0.286 e. The Morgan fingerprint density at radius 3 is 2.67 bits per heavy atom. The van der Waals surface area contributed by atoms with E-state index in [0.717, 1.165) is 6.42 Å². The van der Waals surface area contributed by atoms with Crippen molar-refractivity contribution in [3.05, 3.63) is 30.1 Å². The molecular formula is C10H12N2. The van der Waals surface area contributed by atoms with Gasteiger partial charge in [0.2, 0.25) is 0 Å². The molecule has 0 aliphatic carbocycles. The minimum atomic E-state index is 0.508. The fourth-order valence-corrected chi connectivity index (χ4v) is 1.50. The summed E-state index contributed by atoms with van der Waals surface area (Å²) in [5.41, 5.74) is 2.47. The van der Waals surface area contributed by atoms with Crippen LogP contribution in [0.4, 0.5) is 0 Å². The lowest BCUT2D eigenvalue weighted by Crippen LogP contribution is -1.95. The van der Waals surface area contributed by atoms with Gasteiger partial charge in [-0.2, -0.15) is 0 Å². The first-order valence-electron chi connectivity index (χ1n) is 4.33. The van der Waals surface area contributed by atoms with E-state index in [-0.39, 0.29) is 0 Å². The Labute approximate surface area is 72.4 Å². The number of aliphatic imine (C=N–C) groups is 1. The number of hydrogen-bond donors (Lipinski definition) is 0. The quantitative estimate of drug-likeness (QED) is 0.617. The van der Waals surface area contributed by atoms with Gasteiger partial charge < -0.3 is 0 Å². The van der Waals surface area contributed by atoms with Gasteiger partial charge in [-0.1, -0.05) is 0 Å². The van der Waals surface area contributed by atoms with Crippen LogP contribution in [0.2, 0.25) is 0 Å². The number of rotatable bonds is 1. The van der Waals surface area contributed by atoms with Gasteiger partial charge in [0.05, 0.1) is 0 Å². The number of pyridine rings is 1. The van der Waals surface area contributed by atoms with Gasteiger partial charge in [0.25, 0.3) is 0 Å². The molecule has 2 heteroatoms. The first-order valence-corrected chi connectivity index (χ1v) is 4.33. The smallest absolute Gasteiger partial charge is 0.0478 e. The average molecular weight is 160 g/mol. The van der Waals surface area contributed by atoms with Gasteiger partial charge in [-0.25, -0.2) is 0 Å². The lowest BCUT2D eigenvalue weighted by Gasteiger charge is -1.97. The molecule has 0 amide bonds. The molecule has 2 nitrogen and oxygen atoms in total. The fraction of sp³-hybridized carbons (Fsp3) is 0.400. The molecule has 1 unspecified atom stereocenters. The van der Waals surface area contributed by atoms with E-state index >= 15 is 0 Å². The molecule has 0 N–H and O–H groups in total. The van der Waals surface area contributed by atoms with Crippen LogP contribution in [0.1, 0.15) is 25.3 Å². The normalized spacial score (nSPS) is 22.4. The molecule has 2 heterocycles. The molecule has 0 aromatic carbocycles. The molecule has 1 aliphatic heterocycles. The van der Waals surface area contributed by atoms with E-state index < -0.39 is 0 Å². The van der Waals surface area contributed by atoms with Crippen molar-refractivity contribution in [2.75, 3.05) is 0 Å². The second-order valence-electron chi connectivity index (χ2n) is 3.20. The van der Waals surface area contributed by atoms with Gasteiger partial charge in [-0.3, -0.25) is 9.98 Å². The third-order valence-corrected chi connectivity index (χ3v) is 2.19. The summed E-state index contributed by atoms with van der Waals surface area (Å²) in [6.45, 7) is 2.16. The maximum absolute atomic E-state index is 4.55. The van der Waals surface area contributed by atoms with E-state index in [1.807, 2.05) is 24.5 Å². The van der Waals surface area contributed by atoms with Crippen LogP contribution in [0.5, 0.6) is 0 Å².